The number of nitrogens with zero attached hydrogens (tertiary/aromatic N) is 2. The van der Waals surface area contributed by atoms with E-state index in [-0.39, 0.29) is 11.8 Å². The van der Waals surface area contributed by atoms with Gasteiger partial charge in [-0.1, -0.05) is 6.07 Å². The Morgan fingerprint density at radius 1 is 1.47 bits per heavy atom. The van der Waals surface area contributed by atoms with Gasteiger partial charge in [0.1, 0.15) is 5.82 Å². The van der Waals surface area contributed by atoms with Gasteiger partial charge in [-0.25, -0.2) is 4.98 Å². The molecule has 4 heteroatoms. The van der Waals surface area contributed by atoms with E-state index in [9.17, 15) is 4.79 Å². The Bertz CT molecular complexity index is 445. The summed E-state index contributed by atoms with van der Waals surface area (Å²) in [5.41, 5.74) is 0.922. The summed E-state index contributed by atoms with van der Waals surface area (Å²) in [6, 6.07) is 6.19. The number of hydrogen-bond donors (Lipinski definition) is 1. The lowest BCUT2D eigenvalue weighted by molar-refractivity contribution is -0.121. The van der Waals surface area contributed by atoms with Crippen LogP contribution in [-0.4, -0.2) is 34.9 Å². The van der Waals surface area contributed by atoms with Crippen molar-refractivity contribution in [3.8, 4) is 0 Å². The zero-order valence-electron chi connectivity index (χ0n) is 12.0. The topological polar surface area (TPSA) is 45.2 Å². The van der Waals surface area contributed by atoms with Crippen molar-refractivity contribution in [1.82, 2.24) is 9.88 Å². The molecule has 1 N–H and O–H groups in total. The molecule has 1 aliphatic heterocycles. The highest BCUT2D eigenvalue weighted by atomic mass is 16.2. The van der Waals surface area contributed by atoms with Crippen LogP contribution >= 0.6 is 0 Å². The van der Waals surface area contributed by atoms with Crippen LogP contribution in [0.15, 0.2) is 18.2 Å². The van der Waals surface area contributed by atoms with Gasteiger partial charge in [0, 0.05) is 18.3 Å². The highest BCUT2D eigenvalue weighted by Gasteiger charge is 2.27. The molecule has 1 saturated heterocycles. The second-order valence-corrected chi connectivity index (χ2v) is 5.58. The minimum atomic E-state index is 0.0819. The van der Waals surface area contributed by atoms with Gasteiger partial charge in [0.05, 0.1) is 5.92 Å². The van der Waals surface area contributed by atoms with Crippen molar-refractivity contribution in [3.05, 3.63) is 23.9 Å². The second-order valence-electron chi connectivity index (χ2n) is 5.58. The molecule has 1 fully saturated rings. The number of aromatic nitrogens is 1. The smallest absolute Gasteiger partial charge is 0.229 e. The van der Waals surface area contributed by atoms with Crippen molar-refractivity contribution in [2.75, 3.05) is 18.4 Å². The van der Waals surface area contributed by atoms with E-state index in [0.717, 1.165) is 31.6 Å². The molecule has 2 heterocycles. The number of amides is 1. The highest BCUT2D eigenvalue weighted by molar-refractivity contribution is 5.91. The maximum Gasteiger partial charge on any atom is 0.229 e. The number of nitrogens with one attached hydrogen (secondary N) is 1. The van der Waals surface area contributed by atoms with Crippen molar-refractivity contribution in [1.29, 1.82) is 0 Å². The summed E-state index contributed by atoms with van der Waals surface area (Å²) in [4.78, 5) is 19.0. The molecule has 1 aliphatic rings. The van der Waals surface area contributed by atoms with E-state index in [2.05, 4.69) is 29.0 Å². The van der Waals surface area contributed by atoms with Gasteiger partial charge in [-0.15, -0.1) is 0 Å². The third-order valence-electron chi connectivity index (χ3n) is 3.69. The largest absolute Gasteiger partial charge is 0.310 e. The van der Waals surface area contributed by atoms with Crippen LogP contribution in [-0.2, 0) is 4.79 Å². The number of anilines is 1. The first-order chi connectivity index (χ1) is 9.06. The number of carbonyl (C=O) groups is 1. The van der Waals surface area contributed by atoms with Crippen LogP contribution in [0, 0.1) is 12.8 Å². The molecule has 1 amide bonds. The van der Waals surface area contributed by atoms with E-state index < -0.39 is 0 Å². The molecular weight excluding hydrogens is 238 g/mol. The molecule has 4 nitrogen and oxygen atoms in total. The summed E-state index contributed by atoms with van der Waals surface area (Å²) >= 11 is 0. The molecule has 0 spiro atoms. The Balaban J connectivity index is 1.96. The Morgan fingerprint density at radius 2 is 2.26 bits per heavy atom. The van der Waals surface area contributed by atoms with Gasteiger partial charge in [-0.3, -0.25) is 4.79 Å². The van der Waals surface area contributed by atoms with Crippen molar-refractivity contribution in [3.63, 3.8) is 0 Å². The number of rotatable bonds is 3. The van der Waals surface area contributed by atoms with Gasteiger partial charge in [0.2, 0.25) is 5.91 Å². The summed E-state index contributed by atoms with van der Waals surface area (Å²) < 4.78 is 0. The van der Waals surface area contributed by atoms with Crippen LogP contribution < -0.4 is 5.32 Å². The summed E-state index contributed by atoms with van der Waals surface area (Å²) in [7, 11) is 0. The zero-order valence-corrected chi connectivity index (χ0v) is 12.0. The number of pyridine rings is 1. The highest BCUT2D eigenvalue weighted by Crippen LogP contribution is 2.19. The average Bonchev–Trinajstić information content (AvgIpc) is 2.39. The molecule has 2 rings (SSSR count). The van der Waals surface area contributed by atoms with Gasteiger partial charge >= 0.3 is 0 Å². The zero-order chi connectivity index (χ0) is 13.8. The predicted molar refractivity (Wildman–Crippen MR) is 77.0 cm³/mol. The second kappa shape index (κ2) is 6.15. The quantitative estimate of drug-likeness (QED) is 0.909. The van der Waals surface area contributed by atoms with Gasteiger partial charge in [0.15, 0.2) is 0 Å². The lowest BCUT2D eigenvalue weighted by atomic mass is 9.96. The number of aryl methyl sites for hydroxylation is 1. The van der Waals surface area contributed by atoms with E-state index in [0.29, 0.717) is 11.9 Å². The van der Waals surface area contributed by atoms with Gasteiger partial charge in [-0.2, -0.15) is 0 Å². The number of carbonyl (C=O) groups excluding carboxylic acids is 1. The van der Waals surface area contributed by atoms with Crippen molar-refractivity contribution in [2.24, 2.45) is 5.92 Å². The lowest BCUT2D eigenvalue weighted by Crippen LogP contribution is -2.43. The Hall–Kier alpha value is -1.42. The summed E-state index contributed by atoms with van der Waals surface area (Å²) in [6.45, 7) is 8.25. The molecular formula is C15H23N3O. The van der Waals surface area contributed by atoms with Crippen molar-refractivity contribution >= 4 is 11.7 Å². The molecule has 104 valence electrons. The summed E-state index contributed by atoms with van der Waals surface area (Å²) in [5, 5.41) is 2.94. The van der Waals surface area contributed by atoms with Gasteiger partial charge in [0.25, 0.3) is 0 Å². The Morgan fingerprint density at radius 3 is 2.95 bits per heavy atom. The van der Waals surface area contributed by atoms with E-state index in [1.54, 1.807) is 0 Å². The molecule has 0 bridgehead atoms. The molecule has 0 saturated carbocycles. The minimum absolute atomic E-state index is 0.0819. The van der Waals surface area contributed by atoms with Crippen LogP contribution in [0.25, 0.3) is 0 Å². The maximum absolute atomic E-state index is 12.3. The molecule has 1 aromatic heterocycles. The first-order valence-corrected chi connectivity index (χ1v) is 7.05. The maximum atomic E-state index is 12.3. The average molecular weight is 261 g/mol. The molecule has 0 aromatic carbocycles. The van der Waals surface area contributed by atoms with Crippen molar-refractivity contribution < 1.29 is 4.79 Å². The molecule has 0 radical (unpaired) electrons. The Kier molecular flexibility index (Phi) is 4.53. The van der Waals surface area contributed by atoms with E-state index in [1.807, 2.05) is 25.1 Å². The van der Waals surface area contributed by atoms with E-state index in [4.69, 9.17) is 0 Å². The third-order valence-corrected chi connectivity index (χ3v) is 3.69. The number of hydrogen-bond acceptors (Lipinski definition) is 3. The van der Waals surface area contributed by atoms with Crippen LogP contribution in [0.4, 0.5) is 5.82 Å². The standard InChI is InChI=1S/C15H23N3O/c1-11(2)18-9-5-7-13(10-18)15(19)17-14-8-4-6-12(3)16-14/h4,6,8,11,13H,5,7,9-10H2,1-3H3,(H,16,17,19)/t13-/m0/s1. The number of piperidine rings is 1. The fourth-order valence-electron chi connectivity index (χ4n) is 2.53. The van der Waals surface area contributed by atoms with E-state index >= 15 is 0 Å². The fourth-order valence-corrected chi connectivity index (χ4v) is 2.53. The predicted octanol–water partition coefficient (Wildman–Crippen LogP) is 2.45. The van der Waals surface area contributed by atoms with Gasteiger partial charge < -0.3 is 10.2 Å². The molecule has 0 aliphatic carbocycles. The van der Waals surface area contributed by atoms with Gasteiger partial charge in [-0.05, 0) is 52.3 Å². The first kappa shape index (κ1) is 14.0. The van der Waals surface area contributed by atoms with Crippen LogP contribution in [0.5, 0.6) is 0 Å². The van der Waals surface area contributed by atoms with Crippen LogP contribution in [0.2, 0.25) is 0 Å². The lowest BCUT2D eigenvalue weighted by Gasteiger charge is -2.34. The molecule has 1 aromatic rings. The molecule has 0 unspecified atom stereocenters. The monoisotopic (exact) mass is 261 g/mol. The molecule has 19 heavy (non-hydrogen) atoms. The normalized spacial score (nSPS) is 20.5. The SMILES string of the molecule is Cc1cccc(NC(=O)[C@H]2CCCN(C(C)C)C2)n1. The fraction of sp³-hybridized carbons (Fsp3) is 0.600. The summed E-state index contributed by atoms with van der Waals surface area (Å²) in [6.07, 6.45) is 2.07. The first-order valence-electron chi connectivity index (χ1n) is 7.05. The van der Waals surface area contributed by atoms with Crippen LogP contribution in [0.1, 0.15) is 32.4 Å². The van der Waals surface area contributed by atoms with E-state index in [1.165, 1.54) is 0 Å². The Labute approximate surface area is 115 Å². The third kappa shape index (κ3) is 3.77. The molecule has 1 atom stereocenters. The van der Waals surface area contributed by atoms with Crippen molar-refractivity contribution in [2.45, 2.75) is 39.7 Å². The van der Waals surface area contributed by atoms with Crippen LogP contribution in [0.3, 0.4) is 0 Å². The number of likely N-dealkylation sites (tertiary alicyclic amines) is 1. The minimum Gasteiger partial charge on any atom is -0.310 e. The summed E-state index contributed by atoms with van der Waals surface area (Å²) in [5.74, 6) is 0.841.